The summed E-state index contributed by atoms with van der Waals surface area (Å²) in [6.45, 7) is 5.35. The monoisotopic (exact) mass is 618 g/mol. The molecule has 43 heavy (non-hydrogen) atoms. The zero-order chi connectivity index (χ0) is 32.4. The highest BCUT2D eigenvalue weighted by molar-refractivity contribution is 5.87. The van der Waals surface area contributed by atoms with Gasteiger partial charge in [0.05, 0.1) is 5.56 Å². The molecule has 0 unspecified atom stereocenters. The van der Waals surface area contributed by atoms with Crippen LogP contribution in [0.4, 0.5) is 26.3 Å². The van der Waals surface area contributed by atoms with E-state index in [1.807, 2.05) is 12.1 Å². The van der Waals surface area contributed by atoms with Crippen LogP contribution in [0, 0.1) is 5.92 Å². The molecule has 14 heteroatoms. The van der Waals surface area contributed by atoms with E-state index in [2.05, 4.69) is 53.5 Å². The van der Waals surface area contributed by atoms with Gasteiger partial charge in [-0.2, -0.15) is 26.3 Å². The van der Waals surface area contributed by atoms with Crippen molar-refractivity contribution in [1.29, 1.82) is 0 Å². The second-order valence-corrected chi connectivity index (χ2v) is 10.1. The smallest absolute Gasteiger partial charge is 0.478 e. The summed E-state index contributed by atoms with van der Waals surface area (Å²) < 4.78 is 63.5. The number of nitrogens with zero attached hydrogens (tertiary/aromatic N) is 1. The Morgan fingerprint density at radius 1 is 0.860 bits per heavy atom. The van der Waals surface area contributed by atoms with Crippen LogP contribution in [0.5, 0.6) is 0 Å². The Kier molecular flexibility index (Phi) is 12.7. The van der Waals surface area contributed by atoms with Crippen molar-refractivity contribution in [2.75, 3.05) is 13.1 Å². The number of benzene rings is 2. The van der Waals surface area contributed by atoms with Crippen molar-refractivity contribution in [3.05, 3.63) is 76.9 Å². The largest absolute Gasteiger partial charge is 0.490 e. The normalized spacial score (nSPS) is 19.3. The number of alkyl halides is 6. The molecule has 1 saturated heterocycles. The lowest BCUT2D eigenvalue weighted by atomic mass is 10.0. The summed E-state index contributed by atoms with van der Waals surface area (Å²) in [7, 11) is 0. The number of hydrogen-bond acceptors (Lipinski definition) is 5. The maximum atomic E-state index is 11.0. The average Bonchev–Trinajstić information content (AvgIpc) is 3.70. The van der Waals surface area contributed by atoms with E-state index in [1.165, 1.54) is 36.0 Å². The maximum absolute atomic E-state index is 11.0. The van der Waals surface area contributed by atoms with Crippen LogP contribution in [0.2, 0.25) is 0 Å². The fourth-order valence-electron chi connectivity index (χ4n) is 4.37. The van der Waals surface area contributed by atoms with Crippen LogP contribution in [0.1, 0.15) is 47.7 Å². The Labute approximate surface area is 243 Å². The fourth-order valence-corrected chi connectivity index (χ4v) is 4.37. The lowest BCUT2D eigenvalue weighted by Gasteiger charge is -2.32. The minimum atomic E-state index is -5.08. The first kappa shape index (κ1) is 35.3. The molecule has 1 aliphatic heterocycles. The average molecular weight is 619 g/mol. The van der Waals surface area contributed by atoms with Gasteiger partial charge in [0.15, 0.2) is 0 Å². The summed E-state index contributed by atoms with van der Waals surface area (Å²) in [4.78, 5) is 31.2. The van der Waals surface area contributed by atoms with Gasteiger partial charge in [0.2, 0.25) is 0 Å². The SMILES string of the molecule is CC(=Cc1ccccc1)[C@@H]1C[C@H]1NC1CCN(Cc2ccc(C(=O)O)cc2)CC1.O=C(O)C(F)(F)F.O=C(O)C(F)(F)F. The van der Waals surface area contributed by atoms with Crippen LogP contribution in [-0.2, 0) is 16.1 Å². The molecule has 2 aromatic carbocycles. The summed E-state index contributed by atoms with van der Waals surface area (Å²) >= 11 is 0. The van der Waals surface area contributed by atoms with Crippen LogP contribution >= 0.6 is 0 Å². The molecular weight excluding hydrogens is 586 g/mol. The third kappa shape index (κ3) is 12.9. The lowest BCUT2D eigenvalue weighted by Crippen LogP contribution is -2.43. The number of carboxylic acid groups (broad SMARTS) is 3. The Balaban J connectivity index is 0.000000384. The van der Waals surface area contributed by atoms with Gasteiger partial charge in [0.25, 0.3) is 0 Å². The molecule has 236 valence electrons. The summed E-state index contributed by atoms with van der Waals surface area (Å²) in [6, 6.07) is 19.1. The third-order valence-corrected chi connectivity index (χ3v) is 6.70. The molecule has 0 spiro atoms. The van der Waals surface area contributed by atoms with Gasteiger partial charge in [-0.1, -0.05) is 54.1 Å². The summed E-state index contributed by atoms with van der Waals surface area (Å²) in [5, 5.41) is 27.1. The second-order valence-electron chi connectivity index (χ2n) is 10.1. The number of halogens is 6. The van der Waals surface area contributed by atoms with E-state index >= 15 is 0 Å². The molecular formula is C29H32F6N2O6. The predicted octanol–water partition coefficient (Wildman–Crippen LogP) is 5.70. The van der Waals surface area contributed by atoms with Crippen molar-refractivity contribution >= 4 is 24.0 Å². The lowest BCUT2D eigenvalue weighted by molar-refractivity contribution is -0.193. The summed E-state index contributed by atoms with van der Waals surface area (Å²) in [6.07, 6.45) is -4.23. The first-order valence-corrected chi connectivity index (χ1v) is 13.1. The maximum Gasteiger partial charge on any atom is 0.490 e. The highest BCUT2D eigenvalue weighted by atomic mass is 19.4. The molecule has 2 aromatic rings. The molecule has 0 amide bonds. The number of likely N-dealkylation sites (tertiary alicyclic amines) is 1. The predicted molar refractivity (Wildman–Crippen MR) is 144 cm³/mol. The van der Waals surface area contributed by atoms with E-state index in [-0.39, 0.29) is 0 Å². The number of rotatable bonds is 7. The third-order valence-electron chi connectivity index (χ3n) is 6.70. The van der Waals surface area contributed by atoms with Crippen molar-refractivity contribution < 1.29 is 56.0 Å². The number of nitrogens with one attached hydrogen (secondary N) is 1. The number of carbonyl (C=O) groups is 3. The quantitative estimate of drug-likeness (QED) is 0.291. The molecule has 8 nitrogen and oxygen atoms in total. The topological polar surface area (TPSA) is 127 Å². The Bertz CT molecular complexity index is 1220. The van der Waals surface area contributed by atoms with Gasteiger partial charge in [-0.3, -0.25) is 4.90 Å². The van der Waals surface area contributed by atoms with Crippen LogP contribution < -0.4 is 5.32 Å². The van der Waals surface area contributed by atoms with Crippen LogP contribution in [0.25, 0.3) is 6.08 Å². The zero-order valence-electron chi connectivity index (χ0n) is 23.0. The first-order valence-electron chi connectivity index (χ1n) is 13.1. The van der Waals surface area contributed by atoms with Crippen molar-refractivity contribution in [2.24, 2.45) is 5.92 Å². The van der Waals surface area contributed by atoms with E-state index in [0.717, 1.165) is 19.6 Å². The highest BCUT2D eigenvalue weighted by Gasteiger charge is 2.40. The van der Waals surface area contributed by atoms with E-state index in [1.54, 1.807) is 12.1 Å². The fraction of sp³-hybridized carbons (Fsp3) is 0.414. The minimum Gasteiger partial charge on any atom is -0.478 e. The molecule has 4 N–H and O–H groups in total. The molecule has 2 aliphatic rings. The van der Waals surface area contributed by atoms with Crippen LogP contribution in [-0.4, -0.2) is 75.7 Å². The van der Waals surface area contributed by atoms with Gasteiger partial charge < -0.3 is 20.6 Å². The van der Waals surface area contributed by atoms with Crippen LogP contribution in [0.15, 0.2) is 60.2 Å². The zero-order valence-corrected chi connectivity index (χ0v) is 23.0. The van der Waals surface area contributed by atoms with E-state index in [4.69, 9.17) is 24.9 Å². The minimum absolute atomic E-state index is 0.354. The highest BCUT2D eigenvalue weighted by Crippen LogP contribution is 2.38. The summed E-state index contributed by atoms with van der Waals surface area (Å²) in [5.74, 6) is -5.70. The van der Waals surface area contributed by atoms with Gasteiger partial charge in [-0.25, -0.2) is 14.4 Å². The van der Waals surface area contributed by atoms with Crippen LogP contribution in [0.3, 0.4) is 0 Å². The molecule has 4 rings (SSSR count). The molecule has 0 bridgehead atoms. The van der Waals surface area contributed by atoms with Crippen molar-refractivity contribution in [2.45, 2.75) is 57.2 Å². The Hall–Kier alpha value is -3.91. The number of carboxylic acids is 3. The number of aromatic carboxylic acids is 1. The van der Waals surface area contributed by atoms with Crippen molar-refractivity contribution in [3.63, 3.8) is 0 Å². The molecule has 1 aliphatic carbocycles. The number of hydrogen-bond donors (Lipinski definition) is 4. The van der Waals surface area contributed by atoms with E-state index in [9.17, 15) is 31.1 Å². The van der Waals surface area contributed by atoms with Gasteiger partial charge in [0.1, 0.15) is 0 Å². The molecule has 2 atom stereocenters. The van der Waals surface area contributed by atoms with Gasteiger partial charge >= 0.3 is 30.3 Å². The molecule has 0 aromatic heterocycles. The second kappa shape index (κ2) is 15.5. The molecule has 1 heterocycles. The molecule has 1 saturated carbocycles. The standard InChI is InChI=1S/C25H30N2O2.2C2HF3O2/c1-18(15-19-5-3-2-4-6-19)23-16-24(23)26-22-11-13-27(14-12-22)17-20-7-9-21(10-8-20)25(28)29;2*3-2(4,5)1(6)7/h2-10,15,22-24,26H,11-14,16-17H2,1H3,(H,28,29);2*(H,6,7)/t23-,24+;;/m0../s1. The number of aliphatic carboxylic acids is 2. The van der Waals surface area contributed by atoms with E-state index in [0.29, 0.717) is 23.6 Å². The Morgan fingerprint density at radius 3 is 1.79 bits per heavy atom. The summed E-state index contributed by atoms with van der Waals surface area (Å²) in [5.41, 5.74) is 4.31. The first-order chi connectivity index (χ1) is 20.0. The van der Waals surface area contributed by atoms with Gasteiger partial charge in [-0.15, -0.1) is 0 Å². The molecule has 2 fully saturated rings. The Morgan fingerprint density at radius 2 is 1.35 bits per heavy atom. The van der Waals surface area contributed by atoms with E-state index < -0.39 is 30.3 Å². The van der Waals surface area contributed by atoms with Crippen molar-refractivity contribution in [3.8, 4) is 0 Å². The molecule has 0 radical (unpaired) electrons. The van der Waals surface area contributed by atoms with Crippen molar-refractivity contribution in [1.82, 2.24) is 10.2 Å². The van der Waals surface area contributed by atoms with Gasteiger partial charge in [-0.05, 0) is 68.5 Å². The number of piperidine rings is 1. The van der Waals surface area contributed by atoms with Gasteiger partial charge in [0, 0.05) is 18.6 Å².